The van der Waals surface area contributed by atoms with E-state index < -0.39 is 0 Å². The predicted octanol–water partition coefficient (Wildman–Crippen LogP) is -13.7. The molecule has 12 heavy (non-hydrogen) atoms. The molecule has 0 aliphatic rings. The molecule has 48 valence electrons. The number of rotatable bonds is 0. The molecule has 12 heteroatoms. The third-order valence-corrected chi connectivity index (χ3v) is 0. The van der Waals surface area contributed by atoms with Crippen molar-refractivity contribution in [3.05, 3.63) is 36.9 Å². The second kappa shape index (κ2) is 101. The fourth-order valence-electron chi connectivity index (χ4n) is 0. The molecule has 0 spiro atoms. The van der Waals surface area contributed by atoms with Crippen LogP contribution in [0.15, 0.2) is 0 Å². The predicted molar refractivity (Wildman–Crippen MR) is 31.7 cm³/mol. The van der Waals surface area contributed by atoms with E-state index >= 15 is 0 Å². The van der Waals surface area contributed by atoms with E-state index in [1.54, 1.807) is 0 Å². The quantitative estimate of drug-likeness (QED) is 0.375. The van der Waals surface area contributed by atoms with Crippen molar-refractivity contribution in [2.75, 3.05) is 0 Å². The van der Waals surface area contributed by atoms with Crippen molar-refractivity contribution >= 4 is 0 Å². The minimum Gasteiger partial charge on any atom is -0.693 e. The normalized spacial score (nSPS) is 0. The monoisotopic (exact) mass is 266 g/mol. The maximum absolute atomic E-state index is 0. The molecule has 0 fully saturated rings. The van der Waals surface area contributed by atoms with Gasteiger partial charge in [-0.1, -0.05) is 0 Å². The third-order valence-electron chi connectivity index (χ3n) is 0. The van der Waals surface area contributed by atoms with Crippen LogP contribution in [0, 0.1) is 0 Å². The molecule has 6 nitrogen and oxygen atoms in total. The maximum Gasteiger partial charge on any atom is 1.00 e. The Morgan fingerprint density at radius 1 is 0.250 bits per heavy atom. The SMILES string of the molecule is [K+].[K+].[K+].[K+].[Li+].[Li+].[NH2-].[NH2-].[NH2-].[NH2-].[NH2-].[NH2-]. The Kier molecular flexibility index (Phi) is 996. The van der Waals surface area contributed by atoms with E-state index in [0.29, 0.717) is 0 Å². The summed E-state index contributed by atoms with van der Waals surface area (Å²) in [4.78, 5) is 0. The average molecular weight is 266 g/mol. The first kappa shape index (κ1) is 119. The summed E-state index contributed by atoms with van der Waals surface area (Å²) in [7, 11) is 0. The van der Waals surface area contributed by atoms with Gasteiger partial charge >= 0.3 is 243 Å². The molecule has 0 saturated carbocycles. The summed E-state index contributed by atoms with van der Waals surface area (Å²) in [5.41, 5.74) is 0. The molecule has 0 radical (unpaired) electrons. The largest absolute Gasteiger partial charge is 1.00 e. The molecule has 12 N–H and O–H groups in total. The van der Waals surface area contributed by atoms with Gasteiger partial charge in [0.15, 0.2) is 0 Å². The maximum atomic E-state index is 0. The second-order valence-electron chi connectivity index (χ2n) is 0. The Balaban J connectivity index is 0. The van der Waals surface area contributed by atoms with E-state index in [2.05, 4.69) is 0 Å². The molecule has 0 aliphatic heterocycles. The Hall–Kier alpha value is 7.50. The summed E-state index contributed by atoms with van der Waals surface area (Å²) in [6.45, 7) is 0. The number of hydrogen-bond donors (Lipinski definition) is 0. The zero-order valence-electron chi connectivity index (χ0n) is 9.46. The molecule has 0 bridgehead atoms. The van der Waals surface area contributed by atoms with Gasteiger partial charge in [0.1, 0.15) is 0 Å². The molecule has 0 aromatic carbocycles. The molecular formula is H12K4Li2N6. The molecule has 0 aromatic rings. The van der Waals surface area contributed by atoms with Crippen molar-refractivity contribution in [2.24, 2.45) is 0 Å². The molecule has 0 saturated heterocycles. The minimum atomic E-state index is 0. The first-order chi connectivity index (χ1) is 0. The fourth-order valence-corrected chi connectivity index (χ4v) is 0. The summed E-state index contributed by atoms with van der Waals surface area (Å²) in [6, 6.07) is 0. The van der Waals surface area contributed by atoms with Crippen LogP contribution in [-0.4, -0.2) is 0 Å². The summed E-state index contributed by atoms with van der Waals surface area (Å²) >= 11 is 0. The van der Waals surface area contributed by atoms with E-state index in [0.717, 1.165) is 0 Å². The molecule has 0 amide bonds. The van der Waals surface area contributed by atoms with Crippen LogP contribution in [0.1, 0.15) is 0 Å². The zero-order chi connectivity index (χ0) is 0. The third kappa shape index (κ3) is 84.7. The van der Waals surface area contributed by atoms with Crippen LogP contribution in [0.3, 0.4) is 0 Å². The van der Waals surface area contributed by atoms with Crippen molar-refractivity contribution in [1.82, 2.24) is 0 Å². The average Bonchev–Trinajstić information content (AvgIpc) is 0. The van der Waals surface area contributed by atoms with Crippen LogP contribution in [0.5, 0.6) is 0 Å². The Morgan fingerprint density at radius 3 is 0.250 bits per heavy atom. The smallest absolute Gasteiger partial charge is 0.693 e. The zero-order valence-corrected chi connectivity index (χ0v) is 22.0. The van der Waals surface area contributed by atoms with E-state index in [1.807, 2.05) is 0 Å². The molecule has 0 heterocycles. The first-order valence-corrected chi connectivity index (χ1v) is 0. The van der Waals surface area contributed by atoms with Crippen LogP contribution in [0.25, 0.3) is 36.9 Å². The van der Waals surface area contributed by atoms with Crippen molar-refractivity contribution in [3.63, 3.8) is 0 Å². The van der Waals surface area contributed by atoms with Crippen molar-refractivity contribution in [3.8, 4) is 0 Å². The Bertz CT molecular complexity index is 17.5. The van der Waals surface area contributed by atoms with Crippen LogP contribution in [-0.2, 0) is 0 Å². The van der Waals surface area contributed by atoms with Gasteiger partial charge in [0.05, 0.1) is 0 Å². The van der Waals surface area contributed by atoms with Gasteiger partial charge in [-0.25, -0.2) is 0 Å². The van der Waals surface area contributed by atoms with E-state index in [1.165, 1.54) is 0 Å². The molecule has 0 unspecified atom stereocenters. The molecular weight excluding hydrogens is 254 g/mol. The van der Waals surface area contributed by atoms with Crippen LogP contribution in [0.2, 0.25) is 0 Å². The topological polar surface area (TPSA) is 201 Å². The molecule has 0 aliphatic carbocycles. The fraction of sp³-hybridized carbons (Fsp3) is 0. The van der Waals surface area contributed by atoms with Gasteiger partial charge < -0.3 is 36.9 Å². The van der Waals surface area contributed by atoms with E-state index in [-0.39, 0.29) is 280 Å². The van der Waals surface area contributed by atoms with Gasteiger partial charge in [-0.15, -0.1) is 0 Å². The molecule has 0 rings (SSSR count). The standard InChI is InChI=1S/4K.2Li.6H2N/h;;;;;;6*1H2/q6*+1;6*-1. The first-order valence-electron chi connectivity index (χ1n) is 0. The molecule has 0 aromatic heterocycles. The summed E-state index contributed by atoms with van der Waals surface area (Å²) in [5, 5.41) is 0. The van der Waals surface area contributed by atoms with Crippen LogP contribution >= 0.6 is 0 Å². The second-order valence-corrected chi connectivity index (χ2v) is 0. The van der Waals surface area contributed by atoms with Gasteiger partial charge in [0.2, 0.25) is 0 Å². The van der Waals surface area contributed by atoms with E-state index in [9.17, 15) is 0 Å². The van der Waals surface area contributed by atoms with Crippen LogP contribution in [0.4, 0.5) is 0 Å². The Morgan fingerprint density at radius 2 is 0.250 bits per heavy atom. The molecule has 0 atom stereocenters. The minimum absolute atomic E-state index is 0. The van der Waals surface area contributed by atoms with E-state index in [4.69, 9.17) is 0 Å². The van der Waals surface area contributed by atoms with Crippen molar-refractivity contribution < 1.29 is 243 Å². The number of nitrogens with two attached hydrogens (primary N) is 6. The number of hydrogen-bond acceptors (Lipinski definition) is 0. The summed E-state index contributed by atoms with van der Waals surface area (Å²) in [5.74, 6) is 0. The van der Waals surface area contributed by atoms with Gasteiger partial charge in [-0.2, -0.15) is 0 Å². The summed E-state index contributed by atoms with van der Waals surface area (Å²) < 4.78 is 0. The van der Waals surface area contributed by atoms with Crippen molar-refractivity contribution in [2.45, 2.75) is 0 Å². The van der Waals surface area contributed by atoms with Gasteiger partial charge in [-0.3, -0.25) is 0 Å². The van der Waals surface area contributed by atoms with Gasteiger partial charge in [-0.05, 0) is 0 Å². The summed E-state index contributed by atoms with van der Waals surface area (Å²) in [6.07, 6.45) is 0. The van der Waals surface area contributed by atoms with Gasteiger partial charge in [0, 0.05) is 0 Å². The Labute approximate surface area is 270 Å². The van der Waals surface area contributed by atoms with Crippen molar-refractivity contribution in [1.29, 1.82) is 0 Å². The van der Waals surface area contributed by atoms with Gasteiger partial charge in [0.25, 0.3) is 0 Å². The van der Waals surface area contributed by atoms with Crippen LogP contribution < -0.4 is 243 Å².